The summed E-state index contributed by atoms with van der Waals surface area (Å²) < 4.78 is 0. The fourth-order valence-electron chi connectivity index (χ4n) is 2.34. The highest BCUT2D eigenvalue weighted by molar-refractivity contribution is 7.13. The lowest BCUT2D eigenvalue weighted by molar-refractivity contribution is 1.14. The monoisotopic (exact) mass is 295 g/mol. The molecule has 0 bridgehead atoms. The molecule has 0 amide bonds. The topological polar surface area (TPSA) is 37.8 Å². The Bertz CT molecular complexity index is 763. The van der Waals surface area contributed by atoms with E-state index in [0.717, 1.165) is 33.3 Å². The normalized spacial score (nSPS) is 10.6. The summed E-state index contributed by atoms with van der Waals surface area (Å²) in [6, 6.07) is 12.4. The Balaban J connectivity index is 2.23. The molecule has 21 heavy (non-hydrogen) atoms. The molecule has 0 unspecified atom stereocenters. The smallest absolute Gasteiger partial charge is 0.172 e. The Kier molecular flexibility index (Phi) is 3.71. The zero-order valence-electron chi connectivity index (χ0n) is 12.3. The molecule has 0 spiro atoms. The van der Waals surface area contributed by atoms with Crippen molar-refractivity contribution >= 4 is 17.2 Å². The van der Waals surface area contributed by atoms with Gasteiger partial charge in [0.1, 0.15) is 5.82 Å². The van der Waals surface area contributed by atoms with Gasteiger partial charge >= 0.3 is 0 Å². The number of nitrogens with zero attached hydrogens (tertiary/aromatic N) is 2. The fourth-order valence-corrected chi connectivity index (χ4v) is 3.20. The molecule has 0 saturated heterocycles. The molecular formula is C17H17N3S. The van der Waals surface area contributed by atoms with E-state index in [2.05, 4.69) is 47.7 Å². The summed E-state index contributed by atoms with van der Waals surface area (Å²) in [6.07, 6.45) is 0. The minimum atomic E-state index is 0.788. The summed E-state index contributed by atoms with van der Waals surface area (Å²) in [6.45, 7) is 4.15. The van der Waals surface area contributed by atoms with E-state index in [-0.39, 0.29) is 0 Å². The number of thiophene rings is 1. The van der Waals surface area contributed by atoms with Crippen LogP contribution in [-0.2, 0) is 0 Å². The van der Waals surface area contributed by atoms with E-state index in [1.165, 1.54) is 5.56 Å². The predicted molar refractivity (Wildman–Crippen MR) is 89.8 cm³/mol. The molecule has 0 aliphatic heterocycles. The molecule has 0 aliphatic rings. The molecule has 4 heteroatoms. The first-order valence-electron chi connectivity index (χ1n) is 6.87. The standard InChI is InChI=1S/C17H17N3S/c1-11-9-10-21-15(11)17-19-14(12(2)16(18-3)20-17)13-7-5-4-6-8-13/h4-10H,1-3H3,(H,18,19,20). The van der Waals surface area contributed by atoms with Gasteiger partial charge in [0, 0.05) is 18.2 Å². The number of rotatable bonds is 3. The first-order chi connectivity index (χ1) is 10.2. The summed E-state index contributed by atoms with van der Waals surface area (Å²) in [5.41, 5.74) is 4.38. The summed E-state index contributed by atoms with van der Waals surface area (Å²) in [5.74, 6) is 1.67. The Hall–Kier alpha value is -2.20. The van der Waals surface area contributed by atoms with Gasteiger partial charge < -0.3 is 5.32 Å². The quantitative estimate of drug-likeness (QED) is 0.771. The molecule has 3 rings (SSSR count). The van der Waals surface area contributed by atoms with Crippen LogP contribution in [0.15, 0.2) is 41.8 Å². The average Bonchev–Trinajstić information content (AvgIpc) is 2.94. The Morgan fingerprint density at radius 3 is 2.38 bits per heavy atom. The number of hydrogen-bond acceptors (Lipinski definition) is 4. The molecule has 2 aromatic heterocycles. The van der Waals surface area contributed by atoms with Crippen LogP contribution in [0.2, 0.25) is 0 Å². The maximum absolute atomic E-state index is 4.81. The molecule has 2 heterocycles. The van der Waals surface area contributed by atoms with Gasteiger partial charge in [-0.2, -0.15) is 0 Å². The van der Waals surface area contributed by atoms with Crippen molar-refractivity contribution in [3.8, 4) is 22.0 Å². The third-order valence-corrected chi connectivity index (χ3v) is 4.51. The third-order valence-electron chi connectivity index (χ3n) is 3.50. The molecule has 0 fully saturated rings. The molecule has 0 radical (unpaired) electrons. The number of nitrogens with one attached hydrogen (secondary N) is 1. The van der Waals surface area contributed by atoms with Crippen molar-refractivity contribution in [1.29, 1.82) is 0 Å². The molecule has 0 aliphatic carbocycles. The maximum atomic E-state index is 4.81. The molecule has 0 saturated carbocycles. The number of anilines is 1. The predicted octanol–water partition coefficient (Wildman–Crippen LogP) is 4.53. The van der Waals surface area contributed by atoms with Gasteiger partial charge in [-0.05, 0) is 30.9 Å². The van der Waals surface area contributed by atoms with Crippen molar-refractivity contribution in [2.75, 3.05) is 12.4 Å². The number of benzene rings is 1. The van der Waals surface area contributed by atoms with E-state index >= 15 is 0 Å². The first-order valence-corrected chi connectivity index (χ1v) is 7.75. The molecule has 3 aromatic rings. The highest BCUT2D eigenvalue weighted by Gasteiger charge is 2.14. The summed E-state index contributed by atoms with van der Waals surface area (Å²) >= 11 is 1.68. The Morgan fingerprint density at radius 2 is 1.76 bits per heavy atom. The van der Waals surface area contributed by atoms with Gasteiger partial charge in [0.2, 0.25) is 0 Å². The van der Waals surface area contributed by atoms with Crippen LogP contribution in [0, 0.1) is 13.8 Å². The van der Waals surface area contributed by atoms with Gasteiger partial charge in [0.05, 0.1) is 10.6 Å². The fraction of sp³-hybridized carbons (Fsp3) is 0.176. The average molecular weight is 295 g/mol. The van der Waals surface area contributed by atoms with Crippen molar-refractivity contribution in [2.45, 2.75) is 13.8 Å². The zero-order chi connectivity index (χ0) is 14.8. The lowest BCUT2D eigenvalue weighted by Crippen LogP contribution is -2.02. The van der Waals surface area contributed by atoms with Crippen LogP contribution < -0.4 is 5.32 Å². The highest BCUT2D eigenvalue weighted by Crippen LogP contribution is 2.32. The van der Waals surface area contributed by atoms with Crippen molar-refractivity contribution in [2.24, 2.45) is 0 Å². The second-order valence-electron chi connectivity index (χ2n) is 4.92. The van der Waals surface area contributed by atoms with Crippen LogP contribution in [0.1, 0.15) is 11.1 Å². The van der Waals surface area contributed by atoms with Crippen LogP contribution in [0.5, 0.6) is 0 Å². The zero-order valence-corrected chi connectivity index (χ0v) is 13.2. The van der Waals surface area contributed by atoms with Crippen molar-refractivity contribution < 1.29 is 0 Å². The maximum Gasteiger partial charge on any atom is 0.172 e. The van der Waals surface area contributed by atoms with Gasteiger partial charge in [-0.3, -0.25) is 0 Å². The van der Waals surface area contributed by atoms with Crippen molar-refractivity contribution in [3.63, 3.8) is 0 Å². The van der Waals surface area contributed by atoms with Crippen LogP contribution in [0.3, 0.4) is 0 Å². The minimum Gasteiger partial charge on any atom is -0.373 e. The minimum absolute atomic E-state index is 0.788. The van der Waals surface area contributed by atoms with E-state index < -0.39 is 0 Å². The largest absolute Gasteiger partial charge is 0.373 e. The van der Waals surface area contributed by atoms with E-state index in [9.17, 15) is 0 Å². The van der Waals surface area contributed by atoms with Gasteiger partial charge in [-0.25, -0.2) is 9.97 Å². The van der Waals surface area contributed by atoms with Crippen LogP contribution in [0.4, 0.5) is 5.82 Å². The summed E-state index contributed by atoms with van der Waals surface area (Å²) in [7, 11) is 1.90. The lowest BCUT2D eigenvalue weighted by Gasteiger charge is -2.12. The van der Waals surface area contributed by atoms with E-state index in [1.807, 2.05) is 25.2 Å². The lowest BCUT2D eigenvalue weighted by atomic mass is 10.1. The van der Waals surface area contributed by atoms with Crippen molar-refractivity contribution in [3.05, 3.63) is 52.9 Å². The van der Waals surface area contributed by atoms with E-state index in [4.69, 9.17) is 4.98 Å². The second kappa shape index (κ2) is 5.66. The number of aromatic nitrogens is 2. The molecule has 106 valence electrons. The molecule has 1 aromatic carbocycles. The highest BCUT2D eigenvalue weighted by atomic mass is 32.1. The van der Waals surface area contributed by atoms with Gasteiger partial charge in [-0.1, -0.05) is 30.3 Å². The van der Waals surface area contributed by atoms with Crippen LogP contribution >= 0.6 is 11.3 Å². The first kappa shape index (κ1) is 13.8. The number of hydrogen-bond donors (Lipinski definition) is 1. The van der Waals surface area contributed by atoms with E-state index in [0.29, 0.717) is 0 Å². The molecular weight excluding hydrogens is 278 g/mol. The van der Waals surface area contributed by atoms with Gasteiger partial charge in [0.15, 0.2) is 5.82 Å². The van der Waals surface area contributed by atoms with Crippen LogP contribution in [-0.4, -0.2) is 17.0 Å². The second-order valence-corrected chi connectivity index (χ2v) is 5.83. The summed E-state index contributed by atoms with van der Waals surface area (Å²) in [5, 5.41) is 5.26. The van der Waals surface area contributed by atoms with Crippen molar-refractivity contribution in [1.82, 2.24) is 9.97 Å². The van der Waals surface area contributed by atoms with Gasteiger partial charge in [-0.15, -0.1) is 11.3 Å². The van der Waals surface area contributed by atoms with E-state index in [1.54, 1.807) is 11.3 Å². The third kappa shape index (κ3) is 2.54. The van der Waals surface area contributed by atoms with Crippen LogP contribution in [0.25, 0.3) is 22.0 Å². The van der Waals surface area contributed by atoms with Gasteiger partial charge in [0.25, 0.3) is 0 Å². The SMILES string of the molecule is CNc1nc(-c2sccc2C)nc(-c2ccccc2)c1C. The number of aryl methyl sites for hydroxylation is 1. The summed E-state index contributed by atoms with van der Waals surface area (Å²) in [4.78, 5) is 10.6. The Morgan fingerprint density at radius 1 is 1.00 bits per heavy atom. The Labute approximate surface area is 128 Å². The molecule has 3 nitrogen and oxygen atoms in total. The molecule has 0 atom stereocenters. The molecule has 1 N–H and O–H groups in total.